The van der Waals surface area contributed by atoms with Gasteiger partial charge in [0.25, 0.3) is 0 Å². The molecule has 3 heterocycles. The van der Waals surface area contributed by atoms with Gasteiger partial charge < -0.3 is 24.4 Å². The highest BCUT2D eigenvalue weighted by Gasteiger charge is 2.17. The number of carbonyl (C=O) groups excluding carboxylic acids is 2. The van der Waals surface area contributed by atoms with Crippen LogP contribution in [0, 0.1) is 0 Å². The van der Waals surface area contributed by atoms with Crippen LogP contribution in [0.3, 0.4) is 0 Å². The molecule has 0 spiro atoms. The maximum absolute atomic E-state index is 12.4. The van der Waals surface area contributed by atoms with Crippen LogP contribution in [-0.2, 0) is 16.0 Å². The SMILES string of the molecule is COc1cc2sc(C(=O)CCC(=O)O)cc2cc1OCCCc1nc2cc(C(=O)CCC(=O)O)sc2cc1OC. The Morgan fingerprint density at radius 1 is 0.750 bits per heavy atom. The monoisotopic (exact) mass is 585 g/mol. The number of rotatable bonds is 15. The number of aryl methyl sites for hydroxylation is 1. The summed E-state index contributed by atoms with van der Waals surface area (Å²) < 4.78 is 18.6. The highest BCUT2D eigenvalue weighted by molar-refractivity contribution is 7.21. The average Bonchev–Trinajstić information content (AvgIpc) is 3.55. The number of aromatic nitrogens is 1. The summed E-state index contributed by atoms with van der Waals surface area (Å²) in [6, 6.07) is 8.86. The molecule has 3 aromatic heterocycles. The van der Waals surface area contributed by atoms with Gasteiger partial charge in [-0.05, 0) is 36.4 Å². The summed E-state index contributed by atoms with van der Waals surface area (Å²) in [6.07, 6.45) is 0.600. The minimum atomic E-state index is -1.01. The Bertz CT molecular complexity index is 1470. The molecule has 0 unspecified atom stereocenters. The second-order valence-corrected chi connectivity index (χ2v) is 11.0. The van der Waals surface area contributed by atoms with Gasteiger partial charge in [-0.25, -0.2) is 4.98 Å². The van der Waals surface area contributed by atoms with Gasteiger partial charge in [0.15, 0.2) is 23.1 Å². The lowest BCUT2D eigenvalue weighted by Gasteiger charge is -2.12. The third-order valence-corrected chi connectivity index (χ3v) is 8.31. The molecular formula is C28H27NO9S2. The van der Waals surface area contributed by atoms with Crippen molar-refractivity contribution in [3.8, 4) is 17.2 Å². The first-order chi connectivity index (χ1) is 19.2. The molecule has 0 saturated heterocycles. The van der Waals surface area contributed by atoms with E-state index in [9.17, 15) is 19.2 Å². The summed E-state index contributed by atoms with van der Waals surface area (Å²) >= 11 is 2.55. The van der Waals surface area contributed by atoms with E-state index in [-0.39, 0.29) is 37.2 Å². The van der Waals surface area contributed by atoms with Crippen molar-refractivity contribution in [1.82, 2.24) is 4.98 Å². The summed E-state index contributed by atoms with van der Waals surface area (Å²) in [4.78, 5) is 51.9. The number of methoxy groups -OCH3 is 2. The van der Waals surface area contributed by atoms with Crippen LogP contribution in [-0.4, -0.2) is 59.5 Å². The molecule has 0 bridgehead atoms. The van der Waals surface area contributed by atoms with Gasteiger partial charge in [-0.15, -0.1) is 22.7 Å². The molecule has 1 aromatic carbocycles. The summed E-state index contributed by atoms with van der Waals surface area (Å²) in [5.41, 5.74) is 1.37. The van der Waals surface area contributed by atoms with Gasteiger partial charge in [0, 0.05) is 29.7 Å². The number of fused-ring (bicyclic) bond motifs is 2. The number of carbonyl (C=O) groups is 4. The van der Waals surface area contributed by atoms with Gasteiger partial charge >= 0.3 is 11.9 Å². The molecule has 2 N–H and O–H groups in total. The van der Waals surface area contributed by atoms with E-state index in [1.807, 2.05) is 6.07 Å². The number of aliphatic carboxylic acids is 2. The highest BCUT2D eigenvalue weighted by atomic mass is 32.1. The van der Waals surface area contributed by atoms with E-state index in [1.165, 1.54) is 29.8 Å². The Labute approximate surface area is 237 Å². The average molecular weight is 586 g/mol. The quantitative estimate of drug-likeness (QED) is 0.133. The van der Waals surface area contributed by atoms with Crippen molar-refractivity contribution in [3.05, 3.63) is 45.8 Å². The summed E-state index contributed by atoms with van der Waals surface area (Å²) in [5.74, 6) is -0.832. The predicted molar refractivity (Wildman–Crippen MR) is 151 cm³/mol. The minimum Gasteiger partial charge on any atom is -0.495 e. The number of carboxylic acids is 2. The number of Topliss-reactive ketones (excluding diaryl/α,β-unsaturated/α-hetero) is 2. The van der Waals surface area contributed by atoms with Crippen LogP contribution in [0.1, 0.15) is 57.1 Å². The Hall–Kier alpha value is -4.03. The van der Waals surface area contributed by atoms with Crippen LogP contribution < -0.4 is 14.2 Å². The number of nitrogens with zero attached hydrogens (tertiary/aromatic N) is 1. The molecule has 0 atom stereocenters. The highest BCUT2D eigenvalue weighted by Crippen LogP contribution is 2.37. The van der Waals surface area contributed by atoms with Gasteiger partial charge in [0.2, 0.25) is 0 Å². The summed E-state index contributed by atoms with van der Waals surface area (Å²) in [5, 5.41) is 18.5. The fraction of sp³-hybridized carbons (Fsp3) is 0.321. The molecular weight excluding hydrogens is 558 g/mol. The number of ketones is 2. The second kappa shape index (κ2) is 12.9. The summed E-state index contributed by atoms with van der Waals surface area (Å²) in [6.45, 7) is 0.349. The standard InChI is InChI=1S/C28H27NO9S2/c1-36-20-13-24-17(12-26(40-24)19(31)6-8-28(34)35)29-16(20)4-3-9-38-22-10-15-11-25(18(30)5-7-27(32)33)39-23(15)14-21(22)37-2/h10-14H,3-9H2,1-2H3,(H,32,33)(H,34,35). The topological polar surface area (TPSA) is 149 Å². The van der Waals surface area contributed by atoms with Crippen LogP contribution in [0.2, 0.25) is 0 Å². The molecule has 4 rings (SSSR count). The Morgan fingerprint density at radius 2 is 1.35 bits per heavy atom. The van der Waals surface area contributed by atoms with E-state index >= 15 is 0 Å². The molecule has 12 heteroatoms. The van der Waals surface area contributed by atoms with Gasteiger partial charge in [-0.2, -0.15) is 0 Å². The zero-order chi connectivity index (χ0) is 28.8. The molecule has 0 saturated carbocycles. The van der Waals surface area contributed by atoms with Crippen LogP contribution >= 0.6 is 22.7 Å². The largest absolute Gasteiger partial charge is 0.495 e. The number of hydrogen-bond donors (Lipinski definition) is 2. The van der Waals surface area contributed by atoms with Crippen LogP contribution in [0.25, 0.3) is 20.3 Å². The minimum absolute atomic E-state index is 0.0559. The van der Waals surface area contributed by atoms with Crippen molar-refractivity contribution >= 4 is 66.5 Å². The summed E-state index contributed by atoms with van der Waals surface area (Å²) in [7, 11) is 3.09. The Kier molecular flexibility index (Phi) is 9.33. The van der Waals surface area contributed by atoms with Crippen molar-refractivity contribution in [3.63, 3.8) is 0 Å². The van der Waals surface area contributed by atoms with E-state index in [4.69, 9.17) is 24.4 Å². The molecule has 10 nitrogen and oxygen atoms in total. The lowest BCUT2D eigenvalue weighted by Crippen LogP contribution is -2.03. The molecule has 210 valence electrons. The van der Waals surface area contributed by atoms with Crippen LogP contribution in [0.5, 0.6) is 17.2 Å². The molecule has 0 fully saturated rings. The second-order valence-electron chi connectivity index (χ2n) is 8.87. The van der Waals surface area contributed by atoms with Gasteiger partial charge in [0.05, 0.1) is 59.3 Å². The lowest BCUT2D eigenvalue weighted by atomic mass is 10.1. The molecule has 0 amide bonds. The zero-order valence-corrected chi connectivity index (χ0v) is 23.5. The molecule has 0 aliphatic carbocycles. The molecule has 0 aliphatic heterocycles. The van der Waals surface area contributed by atoms with Crippen LogP contribution in [0.15, 0.2) is 30.3 Å². The van der Waals surface area contributed by atoms with Crippen molar-refractivity contribution in [2.45, 2.75) is 38.5 Å². The maximum atomic E-state index is 12.4. The van der Waals surface area contributed by atoms with E-state index < -0.39 is 11.9 Å². The normalized spacial score (nSPS) is 11.1. The van der Waals surface area contributed by atoms with E-state index in [1.54, 1.807) is 31.4 Å². The third-order valence-electron chi connectivity index (χ3n) is 6.06. The zero-order valence-electron chi connectivity index (χ0n) is 21.9. The van der Waals surface area contributed by atoms with Gasteiger partial charge in [-0.3, -0.25) is 19.2 Å². The molecule has 0 aliphatic rings. The van der Waals surface area contributed by atoms with Crippen molar-refractivity contribution in [2.24, 2.45) is 0 Å². The van der Waals surface area contributed by atoms with Crippen LogP contribution in [0.4, 0.5) is 0 Å². The van der Waals surface area contributed by atoms with Gasteiger partial charge in [0.1, 0.15) is 5.75 Å². The van der Waals surface area contributed by atoms with E-state index in [0.29, 0.717) is 57.7 Å². The predicted octanol–water partition coefficient (Wildman–Crippen LogP) is 5.63. The fourth-order valence-electron chi connectivity index (χ4n) is 4.05. The van der Waals surface area contributed by atoms with Crippen molar-refractivity contribution in [1.29, 1.82) is 0 Å². The van der Waals surface area contributed by atoms with E-state index in [0.717, 1.165) is 14.8 Å². The lowest BCUT2D eigenvalue weighted by molar-refractivity contribution is -0.137. The van der Waals surface area contributed by atoms with Gasteiger partial charge in [-0.1, -0.05) is 0 Å². The number of thiophene rings is 2. The van der Waals surface area contributed by atoms with Crippen molar-refractivity contribution in [2.75, 3.05) is 20.8 Å². The first-order valence-corrected chi connectivity index (χ1v) is 14.0. The number of pyridine rings is 1. The van der Waals surface area contributed by atoms with E-state index in [2.05, 4.69) is 4.98 Å². The first kappa shape index (κ1) is 29.0. The Morgan fingerprint density at radius 3 is 1.98 bits per heavy atom. The third kappa shape index (κ3) is 6.93. The van der Waals surface area contributed by atoms with Crippen molar-refractivity contribution < 1.29 is 43.6 Å². The smallest absolute Gasteiger partial charge is 0.303 e. The first-order valence-electron chi connectivity index (χ1n) is 12.4. The number of hydrogen-bond acceptors (Lipinski definition) is 10. The Balaban J connectivity index is 1.42. The number of ether oxygens (including phenoxy) is 3. The number of carboxylic acid groups (broad SMARTS) is 2. The maximum Gasteiger partial charge on any atom is 0.303 e. The number of benzene rings is 1. The molecule has 0 radical (unpaired) electrons. The molecule has 40 heavy (non-hydrogen) atoms. The molecule has 4 aromatic rings. The fourth-order valence-corrected chi connectivity index (χ4v) is 6.09.